The molecule has 0 amide bonds. The van der Waals surface area contributed by atoms with Crippen molar-refractivity contribution in [2.45, 2.75) is 102 Å². The van der Waals surface area contributed by atoms with E-state index in [1.165, 1.54) is 77.0 Å². The van der Waals surface area contributed by atoms with E-state index in [2.05, 4.69) is 29.8 Å². The molecular weight excluding hydrogens is 530 g/mol. The molecule has 0 nitrogen and oxygen atoms in total. The van der Waals surface area contributed by atoms with Gasteiger partial charge in [-0.1, -0.05) is 87.6 Å². The zero-order valence-electron chi connectivity index (χ0n) is 18.9. The summed E-state index contributed by atoms with van der Waals surface area (Å²) < 4.78 is 0. The Morgan fingerprint density at radius 2 is 1.50 bits per heavy atom. The van der Waals surface area contributed by atoms with Crippen molar-refractivity contribution in [3.63, 3.8) is 0 Å². The molecule has 4 aliphatic carbocycles. The van der Waals surface area contributed by atoms with E-state index in [9.17, 15) is 0 Å². The molecule has 166 valence electrons. The summed E-state index contributed by atoms with van der Waals surface area (Å²) in [7, 11) is 9.87. The van der Waals surface area contributed by atoms with Crippen LogP contribution in [0.4, 0.5) is 0 Å². The second kappa shape index (κ2) is 16.6. The number of alkyl halides is 1. The third kappa shape index (κ3) is 9.21. The molecule has 0 saturated heterocycles. The Morgan fingerprint density at radius 1 is 0.857 bits per heavy atom. The quantitative estimate of drug-likeness (QED) is 0.232. The number of rotatable bonds is 3. The summed E-state index contributed by atoms with van der Waals surface area (Å²) >= 11 is 3.20. The van der Waals surface area contributed by atoms with Crippen LogP contribution in [0.3, 0.4) is 0 Å². The van der Waals surface area contributed by atoms with Crippen LogP contribution in [0.15, 0.2) is 0 Å². The fourth-order valence-corrected chi connectivity index (χ4v) is 7.73. The molecule has 4 rings (SSSR count). The molecular formula is C24H45BrCl2Zr. The maximum atomic E-state index is 4.93. The average Bonchev–Trinajstić information content (AvgIpc) is 3.34. The van der Waals surface area contributed by atoms with Crippen molar-refractivity contribution in [1.82, 2.24) is 0 Å². The number of hydrogen-bond acceptors (Lipinski definition) is 0. The molecule has 0 spiro atoms. The van der Waals surface area contributed by atoms with Gasteiger partial charge in [0, 0.05) is 4.83 Å². The van der Waals surface area contributed by atoms with Crippen molar-refractivity contribution in [3.8, 4) is 0 Å². The number of halogens is 3. The standard InChI is InChI=1S/C13H21Br.C9H18.2CH3.2ClH.Zr/c1-8-5-10-7-9-3-2-4-11(9)13(14)12(10)6-8;1-2-3-6-9-7-4-5-8-9;;;;;/h8-13H,2-7H2,1H3;9H,2-8H2,1H3;2*1H3;2*1H;/q;;2*-1;;;+4/p-2. The van der Waals surface area contributed by atoms with Crippen LogP contribution in [0.2, 0.25) is 0 Å². The van der Waals surface area contributed by atoms with E-state index in [0.29, 0.717) is 0 Å². The third-order valence-electron chi connectivity index (χ3n) is 7.57. The van der Waals surface area contributed by atoms with E-state index >= 15 is 0 Å². The molecule has 0 radical (unpaired) electrons. The van der Waals surface area contributed by atoms with E-state index in [4.69, 9.17) is 17.0 Å². The molecule has 0 aliphatic heterocycles. The van der Waals surface area contributed by atoms with Crippen molar-refractivity contribution in [1.29, 1.82) is 0 Å². The molecule has 0 bridgehead atoms. The van der Waals surface area contributed by atoms with Crippen LogP contribution in [-0.4, -0.2) is 4.83 Å². The van der Waals surface area contributed by atoms with Gasteiger partial charge in [-0.25, -0.2) is 0 Å². The Bertz CT molecular complexity index is 376. The molecule has 0 aromatic carbocycles. The Labute approximate surface area is 204 Å². The fraction of sp³-hybridized carbons (Fsp3) is 0.917. The van der Waals surface area contributed by atoms with Gasteiger partial charge >= 0.3 is 37.9 Å². The summed E-state index contributed by atoms with van der Waals surface area (Å²) in [6.45, 7) is 4.74. The van der Waals surface area contributed by atoms with E-state index in [1.807, 2.05) is 0 Å². The second-order valence-corrected chi connectivity index (χ2v) is 14.2. The van der Waals surface area contributed by atoms with Crippen LogP contribution in [-0.2, 0) is 20.8 Å². The summed E-state index contributed by atoms with van der Waals surface area (Å²) in [5.74, 6) is 6.36. The maximum absolute atomic E-state index is 4.93. The molecule has 0 N–H and O–H groups in total. The van der Waals surface area contributed by atoms with Crippen LogP contribution in [0.1, 0.15) is 97.3 Å². The van der Waals surface area contributed by atoms with Crippen LogP contribution in [0.5, 0.6) is 0 Å². The van der Waals surface area contributed by atoms with Crippen molar-refractivity contribution in [2.75, 3.05) is 0 Å². The molecule has 4 heteroatoms. The zero-order valence-corrected chi connectivity index (χ0v) is 24.4. The minimum absolute atomic E-state index is 0. The van der Waals surface area contributed by atoms with E-state index in [-0.39, 0.29) is 14.9 Å². The van der Waals surface area contributed by atoms with E-state index in [1.54, 1.807) is 6.42 Å². The van der Waals surface area contributed by atoms with Gasteiger partial charge in [0.05, 0.1) is 0 Å². The Balaban J connectivity index is 0.000000458. The minimum atomic E-state index is -0.826. The monoisotopic (exact) mass is 572 g/mol. The van der Waals surface area contributed by atoms with Crippen molar-refractivity contribution >= 4 is 33.0 Å². The normalized spacial score (nSPS) is 35.6. The topological polar surface area (TPSA) is 0 Å². The van der Waals surface area contributed by atoms with Crippen molar-refractivity contribution < 1.29 is 20.8 Å². The zero-order chi connectivity index (χ0) is 18.9. The molecule has 28 heavy (non-hydrogen) atoms. The first-order valence-corrected chi connectivity index (χ1v) is 18.5. The van der Waals surface area contributed by atoms with Crippen molar-refractivity contribution in [3.05, 3.63) is 14.9 Å². The van der Waals surface area contributed by atoms with Gasteiger partial charge in [-0.2, -0.15) is 0 Å². The summed E-state index contributed by atoms with van der Waals surface area (Å²) in [4.78, 5) is 0.874. The third-order valence-corrected chi connectivity index (χ3v) is 8.93. The van der Waals surface area contributed by atoms with Crippen LogP contribution in [0, 0.1) is 50.4 Å². The average molecular weight is 576 g/mol. The molecule has 0 heterocycles. The molecule has 0 aromatic heterocycles. The SMILES string of the molecule is CC1CC2CC3CCCC3C(Br)C2C1.CCCCC1CCCC1.[CH3-].[CH3-].[Cl][Zr+2][Cl]. The van der Waals surface area contributed by atoms with Gasteiger partial charge in [-0.3, -0.25) is 0 Å². The summed E-state index contributed by atoms with van der Waals surface area (Å²) in [5, 5.41) is 0. The van der Waals surface area contributed by atoms with Crippen LogP contribution >= 0.6 is 33.0 Å². The van der Waals surface area contributed by atoms with Gasteiger partial charge in [-0.05, 0) is 61.2 Å². The number of unbranched alkanes of at least 4 members (excludes halogenated alkanes) is 1. The van der Waals surface area contributed by atoms with Gasteiger partial charge < -0.3 is 14.9 Å². The van der Waals surface area contributed by atoms with Gasteiger partial charge in [-0.15, -0.1) is 0 Å². The number of fused-ring (bicyclic) bond motifs is 2. The summed E-state index contributed by atoms with van der Waals surface area (Å²) in [6.07, 6.45) is 19.6. The van der Waals surface area contributed by atoms with Gasteiger partial charge in [0.2, 0.25) is 0 Å². The summed E-state index contributed by atoms with van der Waals surface area (Å²) in [6, 6.07) is 0. The first kappa shape index (κ1) is 29.9. The molecule has 0 aromatic rings. The van der Waals surface area contributed by atoms with Crippen molar-refractivity contribution in [2.24, 2.45) is 35.5 Å². The first-order valence-electron chi connectivity index (χ1n) is 11.2. The molecule has 4 saturated carbocycles. The van der Waals surface area contributed by atoms with Crippen LogP contribution < -0.4 is 0 Å². The van der Waals surface area contributed by atoms with Gasteiger partial charge in [0.25, 0.3) is 0 Å². The first-order chi connectivity index (χ1) is 12.6. The van der Waals surface area contributed by atoms with Gasteiger partial charge in [0.15, 0.2) is 0 Å². The van der Waals surface area contributed by atoms with E-state index in [0.717, 1.165) is 40.3 Å². The van der Waals surface area contributed by atoms with Crippen LogP contribution in [0.25, 0.3) is 0 Å². The van der Waals surface area contributed by atoms with Gasteiger partial charge in [0.1, 0.15) is 0 Å². The summed E-state index contributed by atoms with van der Waals surface area (Å²) in [5.41, 5.74) is 0. The predicted molar refractivity (Wildman–Crippen MR) is 130 cm³/mol. The molecule has 4 fully saturated rings. The molecule has 4 aliphatic rings. The molecule has 6 atom stereocenters. The Morgan fingerprint density at radius 3 is 2.11 bits per heavy atom. The van der Waals surface area contributed by atoms with E-state index < -0.39 is 20.8 Å². The Hall–Kier alpha value is 1.94. The fourth-order valence-electron chi connectivity index (χ4n) is 6.38. The number of hydrogen-bond donors (Lipinski definition) is 0. The molecule has 6 unspecified atom stereocenters. The Kier molecular flexibility index (Phi) is 17.7. The second-order valence-electron chi connectivity index (χ2n) is 9.40. The predicted octanol–water partition coefficient (Wildman–Crippen LogP) is 9.88.